The predicted molar refractivity (Wildman–Crippen MR) is 80.7 cm³/mol. The summed E-state index contributed by atoms with van der Waals surface area (Å²) in [4.78, 5) is 8.63. The number of anilines is 1. The number of nitrogens with zero attached hydrogens (tertiary/aromatic N) is 2. The lowest BCUT2D eigenvalue weighted by Crippen LogP contribution is -2.31. The van der Waals surface area contributed by atoms with Gasteiger partial charge in [0, 0.05) is 17.8 Å². The van der Waals surface area contributed by atoms with E-state index in [1.165, 1.54) is 12.1 Å². The van der Waals surface area contributed by atoms with Crippen LogP contribution in [0.2, 0.25) is 0 Å². The van der Waals surface area contributed by atoms with E-state index in [2.05, 4.69) is 15.3 Å². The molecule has 0 aliphatic carbocycles. The van der Waals surface area contributed by atoms with Gasteiger partial charge in [-0.15, -0.1) is 0 Å². The Hall–Kier alpha value is -2.01. The lowest BCUT2D eigenvalue weighted by atomic mass is 9.96. The maximum atomic E-state index is 13.3. The van der Waals surface area contributed by atoms with Crippen molar-refractivity contribution in [3.05, 3.63) is 52.7 Å². The minimum Gasteiger partial charge on any atom is -0.384 e. The lowest BCUT2D eigenvalue weighted by Gasteiger charge is -2.25. The van der Waals surface area contributed by atoms with Crippen molar-refractivity contribution in [1.82, 2.24) is 9.97 Å². The molecule has 21 heavy (non-hydrogen) atoms. The van der Waals surface area contributed by atoms with Crippen molar-refractivity contribution in [2.75, 3.05) is 11.9 Å². The first-order valence-electron chi connectivity index (χ1n) is 6.84. The number of hydrogen-bond acceptors (Lipinski definition) is 4. The normalized spacial score (nSPS) is 13.8. The SMILES string of the molecule is Cc1nc(C)c(C)c(NCC(C)(O)c2cccc(F)c2)n1. The van der Waals surface area contributed by atoms with Gasteiger partial charge in [-0.3, -0.25) is 0 Å². The molecule has 2 aromatic rings. The van der Waals surface area contributed by atoms with Crippen molar-refractivity contribution < 1.29 is 9.50 Å². The van der Waals surface area contributed by atoms with Crippen molar-refractivity contribution >= 4 is 5.82 Å². The Balaban J connectivity index is 2.19. The van der Waals surface area contributed by atoms with Crippen LogP contribution in [-0.2, 0) is 5.60 Å². The molecule has 0 aliphatic rings. The second-order valence-corrected chi connectivity index (χ2v) is 5.47. The van der Waals surface area contributed by atoms with Gasteiger partial charge in [0.25, 0.3) is 0 Å². The van der Waals surface area contributed by atoms with Crippen molar-refractivity contribution in [3.8, 4) is 0 Å². The summed E-state index contributed by atoms with van der Waals surface area (Å²) in [6.07, 6.45) is 0. The van der Waals surface area contributed by atoms with E-state index < -0.39 is 5.60 Å². The molecule has 1 heterocycles. The molecule has 112 valence electrons. The Morgan fingerprint density at radius 2 is 1.95 bits per heavy atom. The summed E-state index contributed by atoms with van der Waals surface area (Å²) >= 11 is 0. The fourth-order valence-corrected chi connectivity index (χ4v) is 2.12. The summed E-state index contributed by atoms with van der Waals surface area (Å²) in [6.45, 7) is 7.54. The number of hydrogen-bond donors (Lipinski definition) is 2. The first-order valence-corrected chi connectivity index (χ1v) is 6.84. The van der Waals surface area contributed by atoms with E-state index in [0.29, 0.717) is 17.2 Å². The van der Waals surface area contributed by atoms with E-state index in [4.69, 9.17) is 0 Å². The van der Waals surface area contributed by atoms with Crippen LogP contribution >= 0.6 is 0 Å². The lowest BCUT2D eigenvalue weighted by molar-refractivity contribution is 0.0711. The van der Waals surface area contributed by atoms with Gasteiger partial charge in [-0.05, 0) is 45.4 Å². The number of aryl methyl sites for hydroxylation is 2. The topological polar surface area (TPSA) is 58.0 Å². The maximum Gasteiger partial charge on any atom is 0.132 e. The second-order valence-electron chi connectivity index (χ2n) is 5.47. The van der Waals surface area contributed by atoms with Crippen LogP contribution in [0.3, 0.4) is 0 Å². The summed E-state index contributed by atoms with van der Waals surface area (Å²) in [7, 11) is 0. The van der Waals surface area contributed by atoms with Crippen molar-refractivity contribution in [2.45, 2.75) is 33.3 Å². The fraction of sp³-hybridized carbons (Fsp3) is 0.375. The molecule has 0 fully saturated rings. The highest BCUT2D eigenvalue weighted by Gasteiger charge is 2.24. The zero-order valence-electron chi connectivity index (χ0n) is 12.7. The molecule has 0 radical (unpaired) electrons. The molecule has 0 saturated carbocycles. The Kier molecular flexibility index (Phi) is 4.23. The van der Waals surface area contributed by atoms with Crippen molar-refractivity contribution in [3.63, 3.8) is 0 Å². The summed E-state index contributed by atoms with van der Waals surface area (Å²) < 4.78 is 13.3. The molecule has 0 aliphatic heterocycles. The Bertz CT molecular complexity index is 656. The molecule has 1 atom stereocenters. The smallest absolute Gasteiger partial charge is 0.132 e. The molecular weight excluding hydrogens is 269 g/mol. The summed E-state index contributed by atoms with van der Waals surface area (Å²) in [6, 6.07) is 5.98. The first kappa shape index (κ1) is 15.4. The van der Waals surface area contributed by atoms with Crippen LogP contribution < -0.4 is 5.32 Å². The van der Waals surface area contributed by atoms with Gasteiger partial charge < -0.3 is 10.4 Å². The standard InChI is InChI=1S/C16H20FN3O/c1-10-11(2)19-12(3)20-15(10)18-9-16(4,21)13-6-5-7-14(17)8-13/h5-8,21H,9H2,1-4H3,(H,18,19,20). The Morgan fingerprint density at radius 3 is 2.62 bits per heavy atom. The molecule has 5 heteroatoms. The first-order chi connectivity index (χ1) is 9.79. The van der Waals surface area contributed by atoms with Crippen LogP contribution in [0.25, 0.3) is 0 Å². The van der Waals surface area contributed by atoms with Gasteiger partial charge in [-0.2, -0.15) is 0 Å². The van der Waals surface area contributed by atoms with E-state index in [-0.39, 0.29) is 12.4 Å². The highest BCUT2D eigenvalue weighted by Crippen LogP contribution is 2.23. The van der Waals surface area contributed by atoms with E-state index in [9.17, 15) is 9.50 Å². The van der Waals surface area contributed by atoms with E-state index in [0.717, 1.165) is 11.3 Å². The zero-order chi connectivity index (χ0) is 15.6. The van der Waals surface area contributed by atoms with Crippen LogP contribution in [0.5, 0.6) is 0 Å². The average Bonchev–Trinajstić information content (AvgIpc) is 2.41. The molecule has 1 unspecified atom stereocenters. The quantitative estimate of drug-likeness (QED) is 0.908. The molecule has 0 saturated heterocycles. The van der Waals surface area contributed by atoms with Gasteiger partial charge in [-0.25, -0.2) is 14.4 Å². The van der Waals surface area contributed by atoms with E-state index in [1.807, 2.05) is 20.8 Å². The molecule has 2 rings (SSSR count). The number of aliphatic hydroxyl groups is 1. The van der Waals surface area contributed by atoms with Gasteiger partial charge in [0.1, 0.15) is 23.1 Å². The van der Waals surface area contributed by atoms with Crippen LogP contribution in [0, 0.1) is 26.6 Å². The Labute approximate surface area is 124 Å². The van der Waals surface area contributed by atoms with Crippen LogP contribution in [0.1, 0.15) is 29.6 Å². The van der Waals surface area contributed by atoms with Gasteiger partial charge >= 0.3 is 0 Å². The summed E-state index contributed by atoms with van der Waals surface area (Å²) in [5, 5.41) is 13.7. The molecule has 2 N–H and O–H groups in total. The van der Waals surface area contributed by atoms with Crippen molar-refractivity contribution in [1.29, 1.82) is 0 Å². The number of nitrogens with one attached hydrogen (secondary N) is 1. The third-order valence-corrected chi connectivity index (χ3v) is 3.55. The molecule has 4 nitrogen and oxygen atoms in total. The van der Waals surface area contributed by atoms with Crippen molar-refractivity contribution in [2.24, 2.45) is 0 Å². The minimum atomic E-state index is -1.19. The van der Waals surface area contributed by atoms with Crippen LogP contribution in [0.4, 0.5) is 10.2 Å². The third kappa shape index (κ3) is 3.55. The maximum absolute atomic E-state index is 13.3. The van der Waals surface area contributed by atoms with E-state index in [1.54, 1.807) is 19.1 Å². The number of benzene rings is 1. The van der Waals surface area contributed by atoms with Gasteiger partial charge in [0.05, 0.1) is 0 Å². The fourth-order valence-electron chi connectivity index (χ4n) is 2.12. The molecule has 1 aromatic carbocycles. The average molecular weight is 289 g/mol. The number of halogens is 1. The summed E-state index contributed by atoms with van der Waals surface area (Å²) in [5.41, 5.74) is 1.17. The molecular formula is C16H20FN3O. The highest BCUT2D eigenvalue weighted by atomic mass is 19.1. The third-order valence-electron chi connectivity index (χ3n) is 3.55. The van der Waals surface area contributed by atoms with Gasteiger partial charge in [-0.1, -0.05) is 12.1 Å². The largest absolute Gasteiger partial charge is 0.384 e. The molecule has 1 aromatic heterocycles. The summed E-state index contributed by atoms with van der Waals surface area (Å²) in [5.74, 6) is 1.00. The minimum absolute atomic E-state index is 0.229. The molecule has 0 bridgehead atoms. The number of rotatable bonds is 4. The van der Waals surface area contributed by atoms with Crippen LogP contribution in [0.15, 0.2) is 24.3 Å². The van der Waals surface area contributed by atoms with Gasteiger partial charge in [0.15, 0.2) is 0 Å². The monoisotopic (exact) mass is 289 g/mol. The van der Waals surface area contributed by atoms with Gasteiger partial charge in [0.2, 0.25) is 0 Å². The molecule has 0 spiro atoms. The molecule has 0 amide bonds. The predicted octanol–water partition coefficient (Wildman–Crippen LogP) is 2.86. The van der Waals surface area contributed by atoms with Crippen LogP contribution in [-0.4, -0.2) is 21.6 Å². The zero-order valence-corrected chi connectivity index (χ0v) is 12.7. The second kappa shape index (κ2) is 5.77. The Morgan fingerprint density at radius 1 is 1.24 bits per heavy atom. The number of aromatic nitrogens is 2. The van der Waals surface area contributed by atoms with E-state index >= 15 is 0 Å². The highest BCUT2D eigenvalue weighted by molar-refractivity contribution is 5.46.